The second-order valence-corrected chi connectivity index (χ2v) is 4.49. The molecule has 0 amide bonds. The number of rotatable bonds is 0. The van der Waals surface area contributed by atoms with E-state index in [0.29, 0.717) is 3.74 Å². The topological polar surface area (TPSA) is 0 Å². The summed E-state index contributed by atoms with van der Waals surface area (Å²) in [5.41, 5.74) is 0. The molecule has 0 saturated heterocycles. The van der Waals surface area contributed by atoms with E-state index in [9.17, 15) is 0 Å². The van der Waals surface area contributed by atoms with Crippen LogP contribution >= 0.6 is 44.3 Å². The highest BCUT2D eigenvalue weighted by atomic mass is 79.9. The van der Waals surface area contributed by atoms with Crippen LogP contribution in [0.1, 0.15) is 6.92 Å². The van der Waals surface area contributed by atoms with E-state index in [4.69, 9.17) is 0 Å². The van der Waals surface area contributed by atoms with E-state index in [1.165, 1.54) is 0 Å². The Bertz CT molecular complexity index is 12.4. The van der Waals surface area contributed by atoms with Crippen molar-refractivity contribution in [3.05, 3.63) is 0 Å². The van der Waals surface area contributed by atoms with Crippen molar-refractivity contribution in [2.45, 2.75) is 10.7 Å². The van der Waals surface area contributed by atoms with Gasteiger partial charge in [0.1, 0.15) is 0 Å². The Morgan fingerprint density at radius 3 is 1.40 bits per heavy atom. The van der Waals surface area contributed by atoms with E-state index < -0.39 is 0 Å². The predicted octanol–water partition coefficient (Wildman–Crippen LogP) is 2.54. The fourth-order valence-electron chi connectivity index (χ4n) is 0. The van der Waals surface area contributed by atoms with Crippen molar-refractivity contribution in [1.82, 2.24) is 0 Å². The third-order valence-corrected chi connectivity index (χ3v) is 0. The number of halogens is 3. The lowest BCUT2D eigenvalue weighted by Gasteiger charge is -1.73. The van der Waals surface area contributed by atoms with E-state index in [2.05, 4.69) is 31.9 Å². The average Bonchev–Trinajstić information content (AvgIpc) is 0.811. The van der Waals surface area contributed by atoms with Gasteiger partial charge in [0.05, 0.1) is 3.74 Å². The molecule has 0 rings (SSSR count). The van der Waals surface area contributed by atoms with Gasteiger partial charge in [-0.3, -0.25) is 0 Å². The summed E-state index contributed by atoms with van der Waals surface area (Å²) in [4.78, 5) is 0. The first-order chi connectivity index (χ1) is 1.73. The second kappa shape index (κ2) is 5.25. The summed E-state index contributed by atoms with van der Waals surface area (Å²) in [5.74, 6) is 0. The van der Waals surface area contributed by atoms with E-state index in [1.54, 1.807) is 0 Å². The zero-order valence-corrected chi connectivity index (χ0v) is 6.73. The molecule has 0 bridgehead atoms. The van der Waals surface area contributed by atoms with Gasteiger partial charge in [-0.1, -0.05) is 31.9 Å². The van der Waals surface area contributed by atoms with Crippen LogP contribution in [0.25, 0.3) is 0 Å². The van der Waals surface area contributed by atoms with E-state index in [1.807, 2.05) is 6.92 Å². The molecular formula is C2H5Br2Cl. The molecule has 0 aliphatic carbocycles. The van der Waals surface area contributed by atoms with Gasteiger partial charge in [0.25, 0.3) is 0 Å². The predicted molar refractivity (Wildman–Crippen MR) is 34.6 cm³/mol. The molecule has 0 radical (unpaired) electrons. The van der Waals surface area contributed by atoms with Gasteiger partial charge in [-0.05, 0) is 6.92 Å². The van der Waals surface area contributed by atoms with E-state index in [-0.39, 0.29) is 12.4 Å². The van der Waals surface area contributed by atoms with Crippen molar-refractivity contribution in [2.75, 3.05) is 0 Å². The van der Waals surface area contributed by atoms with Gasteiger partial charge in [-0.25, -0.2) is 0 Å². The molecule has 5 heavy (non-hydrogen) atoms. The minimum absolute atomic E-state index is 0. The fraction of sp³-hybridized carbons (Fsp3) is 1.00. The van der Waals surface area contributed by atoms with Gasteiger partial charge in [-0.15, -0.1) is 12.4 Å². The quantitative estimate of drug-likeness (QED) is 0.555. The molecule has 0 atom stereocenters. The molecule has 0 aromatic carbocycles. The van der Waals surface area contributed by atoms with Crippen LogP contribution in [0, 0.1) is 0 Å². The van der Waals surface area contributed by atoms with Crippen LogP contribution in [0.15, 0.2) is 0 Å². The second-order valence-electron chi connectivity index (χ2n) is 0.519. The molecule has 0 N–H and O–H groups in total. The third kappa shape index (κ3) is 35.5. The van der Waals surface area contributed by atoms with Crippen molar-refractivity contribution in [3.8, 4) is 0 Å². The Morgan fingerprint density at radius 2 is 1.40 bits per heavy atom. The van der Waals surface area contributed by atoms with Crippen molar-refractivity contribution in [1.29, 1.82) is 0 Å². The van der Waals surface area contributed by atoms with Gasteiger partial charge in [0.2, 0.25) is 0 Å². The molecule has 0 unspecified atom stereocenters. The highest BCUT2D eigenvalue weighted by molar-refractivity contribution is 9.24. The molecule has 0 saturated carbocycles. The number of hydrogen-bond acceptors (Lipinski definition) is 0. The summed E-state index contributed by atoms with van der Waals surface area (Å²) in [6.45, 7) is 2.00. The summed E-state index contributed by atoms with van der Waals surface area (Å²) in [5, 5.41) is 0. The maximum absolute atomic E-state index is 3.19. The Labute approximate surface area is 55.0 Å². The molecule has 0 spiro atoms. The van der Waals surface area contributed by atoms with Crippen molar-refractivity contribution < 1.29 is 0 Å². The first-order valence-electron chi connectivity index (χ1n) is 1.01. The van der Waals surface area contributed by atoms with Crippen LogP contribution in [0.4, 0.5) is 0 Å². The zero-order valence-electron chi connectivity index (χ0n) is 2.74. The van der Waals surface area contributed by atoms with E-state index in [0.717, 1.165) is 0 Å². The van der Waals surface area contributed by atoms with Crippen LogP contribution in [0.2, 0.25) is 0 Å². The van der Waals surface area contributed by atoms with Crippen LogP contribution in [0.3, 0.4) is 0 Å². The largest absolute Gasteiger partial charge is 0.147 e. The standard InChI is InChI=1S/C2H4Br2.ClH/c1-2(3)4;/h2H,1H3;1H. The minimum atomic E-state index is 0. The SMILES string of the molecule is CC(Br)Br.Cl. The lowest BCUT2D eigenvalue weighted by molar-refractivity contribution is 1.48. The molecule has 0 aliphatic rings. The van der Waals surface area contributed by atoms with Crippen molar-refractivity contribution in [2.24, 2.45) is 0 Å². The minimum Gasteiger partial charge on any atom is -0.147 e. The third-order valence-electron chi connectivity index (χ3n) is 0. The highest BCUT2D eigenvalue weighted by Gasteiger charge is 1.74. The smallest absolute Gasteiger partial charge is 0.0669 e. The van der Waals surface area contributed by atoms with Gasteiger partial charge in [0, 0.05) is 0 Å². The maximum Gasteiger partial charge on any atom is 0.0669 e. The van der Waals surface area contributed by atoms with Crippen LogP contribution in [-0.2, 0) is 0 Å². The normalized spacial score (nSPS) is 7.20. The molecular weight excluding hydrogens is 219 g/mol. The first-order valence-corrected chi connectivity index (χ1v) is 2.85. The monoisotopic (exact) mass is 222 g/mol. The van der Waals surface area contributed by atoms with Crippen molar-refractivity contribution >= 4 is 44.3 Å². The molecule has 0 nitrogen and oxygen atoms in total. The molecule has 0 fully saturated rings. The zero-order chi connectivity index (χ0) is 3.58. The lowest BCUT2D eigenvalue weighted by atomic mass is 11.0. The fourth-order valence-corrected chi connectivity index (χ4v) is 0. The summed E-state index contributed by atoms with van der Waals surface area (Å²) < 4.78 is 0.458. The molecule has 0 aromatic rings. The first kappa shape index (κ1) is 9.54. The summed E-state index contributed by atoms with van der Waals surface area (Å²) in [7, 11) is 0. The highest BCUT2D eigenvalue weighted by Crippen LogP contribution is 2.03. The van der Waals surface area contributed by atoms with E-state index >= 15 is 0 Å². The molecule has 0 aliphatic heterocycles. The Kier molecular flexibility index (Phi) is 10.0. The van der Waals surface area contributed by atoms with Gasteiger partial charge in [-0.2, -0.15) is 0 Å². The molecule has 0 aromatic heterocycles. The van der Waals surface area contributed by atoms with Gasteiger partial charge < -0.3 is 0 Å². The van der Waals surface area contributed by atoms with Crippen LogP contribution < -0.4 is 0 Å². The van der Waals surface area contributed by atoms with Crippen LogP contribution in [-0.4, -0.2) is 3.74 Å². The van der Waals surface area contributed by atoms with Gasteiger partial charge in [0.15, 0.2) is 0 Å². The molecule has 0 heterocycles. The van der Waals surface area contributed by atoms with Gasteiger partial charge >= 0.3 is 0 Å². The number of alkyl halides is 2. The van der Waals surface area contributed by atoms with Crippen LogP contribution in [0.5, 0.6) is 0 Å². The average molecular weight is 224 g/mol. The summed E-state index contributed by atoms with van der Waals surface area (Å²) in [6, 6.07) is 0. The van der Waals surface area contributed by atoms with Crippen molar-refractivity contribution in [3.63, 3.8) is 0 Å². The maximum atomic E-state index is 3.19. The Morgan fingerprint density at radius 1 is 1.40 bits per heavy atom. The number of hydrogen-bond donors (Lipinski definition) is 0. The lowest BCUT2D eigenvalue weighted by Crippen LogP contribution is -1.60. The summed E-state index contributed by atoms with van der Waals surface area (Å²) >= 11 is 6.38. The Balaban J connectivity index is 0. The molecule has 34 valence electrons. The Hall–Kier alpha value is 1.25. The molecule has 3 heteroatoms. The summed E-state index contributed by atoms with van der Waals surface area (Å²) in [6.07, 6.45) is 0.